The van der Waals surface area contributed by atoms with Crippen LogP contribution < -0.4 is 11.1 Å². The van der Waals surface area contributed by atoms with Crippen molar-refractivity contribution < 1.29 is 14.1 Å². The van der Waals surface area contributed by atoms with E-state index in [1.165, 1.54) is 12.8 Å². The van der Waals surface area contributed by atoms with Gasteiger partial charge in [0.1, 0.15) is 11.5 Å². The molecule has 1 aliphatic rings. The number of nitrogens with zero attached hydrogens (tertiary/aromatic N) is 1. The molecule has 0 saturated heterocycles. The lowest BCUT2D eigenvalue weighted by Gasteiger charge is -2.17. The zero-order chi connectivity index (χ0) is 15.6. The molecule has 1 aromatic carbocycles. The summed E-state index contributed by atoms with van der Waals surface area (Å²) >= 11 is 0. The van der Waals surface area contributed by atoms with Crippen molar-refractivity contribution in [2.75, 3.05) is 5.73 Å². The third-order valence-corrected chi connectivity index (χ3v) is 3.71. The fourth-order valence-corrected chi connectivity index (χ4v) is 2.29. The number of amides is 1. The van der Waals surface area contributed by atoms with Crippen LogP contribution in [0.5, 0.6) is 0 Å². The van der Waals surface area contributed by atoms with E-state index in [2.05, 4.69) is 5.32 Å². The number of nitro benzene ring substituents is 1. The molecule has 1 amide bonds. The Morgan fingerprint density at radius 3 is 2.76 bits per heavy atom. The first kappa shape index (κ1) is 15.2. The highest BCUT2D eigenvalue weighted by atomic mass is 19.1. The lowest BCUT2D eigenvalue weighted by Crippen LogP contribution is -2.35. The molecule has 1 fully saturated rings. The van der Waals surface area contributed by atoms with E-state index < -0.39 is 22.3 Å². The Bertz CT molecular complexity index is 573. The number of benzene rings is 1. The maximum absolute atomic E-state index is 13.4. The van der Waals surface area contributed by atoms with Gasteiger partial charge in [-0.1, -0.05) is 19.8 Å². The molecule has 21 heavy (non-hydrogen) atoms. The van der Waals surface area contributed by atoms with Crippen LogP contribution in [-0.2, 0) is 0 Å². The Labute approximate surface area is 121 Å². The number of nitrogen functional groups attached to an aromatic ring is 1. The molecule has 0 radical (unpaired) electrons. The molecule has 1 saturated carbocycles. The molecule has 1 unspecified atom stereocenters. The standard InChI is InChI=1S/C14H18FN3O3/c1-2-10(5-8-3-4-8)17-14(19)11-6-9(15)7-12(13(11)16)18(20)21/h6-8,10H,2-5,16H2,1H3,(H,17,19). The van der Waals surface area contributed by atoms with Crippen LogP contribution in [0.25, 0.3) is 0 Å². The molecular weight excluding hydrogens is 277 g/mol. The van der Waals surface area contributed by atoms with Crippen LogP contribution in [0.15, 0.2) is 12.1 Å². The summed E-state index contributed by atoms with van der Waals surface area (Å²) in [4.78, 5) is 22.2. The zero-order valence-electron chi connectivity index (χ0n) is 11.8. The van der Waals surface area contributed by atoms with Crippen molar-refractivity contribution in [3.8, 4) is 0 Å². The lowest BCUT2D eigenvalue weighted by atomic mass is 10.1. The van der Waals surface area contributed by atoms with Gasteiger partial charge in [0.15, 0.2) is 0 Å². The predicted octanol–water partition coefficient (Wildman–Crippen LogP) is 2.62. The third kappa shape index (κ3) is 3.68. The van der Waals surface area contributed by atoms with E-state index in [9.17, 15) is 19.3 Å². The Morgan fingerprint density at radius 1 is 1.57 bits per heavy atom. The average Bonchev–Trinajstić information content (AvgIpc) is 3.23. The van der Waals surface area contributed by atoms with Crippen LogP contribution in [0.2, 0.25) is 0 Å². The summed E-state index contributed by atoms with van der Waals surface area (Å²) in [6.07, 6.45) is 3.96. The minimum atomic E-state index is -0.851. The van der Waals surface area contributed by atoms with Gasteiger partial charge < -0.3 is 11.1 Å². The Hall–Kier alpha value is -2.18. The monoisotopic (exact) mass is 295 g/mol. The smallest absolute Gasteiger partial charge is 0.295 e. The summed E-state index contributed by atoms with van der Waals surface area (Å²) in [5.74, 6) is -0.784. The summed E-state index contributed by atoms with van der Waals surface area (Å²) < 4.78 is 13.4. The third-order valence-electron chi connectivity index (χ3n) is 3.71. The number of hydrogen-bond donors (Lipinski definition) is 2. The minimum Gasteiger partial charge on any atom is -0.393 e. The molecule has 114 valence electrons. The fraction of sp³-hybridized carbons (Fsp3) is 0.500. The predicted molar refractivity (Wildman–Crippen MR) is 76.4 cm³/mol. The molecule has 1 aliphatic carbocycles. The number of hydrogen-bond acceptors (Lipinski definition) is 4. The van der Waals surface area contributed by atoms with Crippen molar-refractivity contribution in [2.45, 2.75) is 38.6 Å². The number of halogens is 1. The molecule has 0 spiro atoms. The molecule has 3 N–H and O–H groups in total. The second-order valence-corrected chi connectivity index (χ2v) is 5.40. The van der Waals surface area contributed by atoms with E-state index in [1.54, 1.807) is 0 Å². The summed E-state index contributed by atoms with van der Waals surface area (Å²) in [7, 11) is 0. The number of nitro groups is 1. The Balaban J connectivity index is 2.19. The van der Waals surface area contributed by atoms with Crippen LogP contribution in [-0.4, -0.2) is 16.9 Å². The first-order valence-corrected chi connectivity index (χ1v) is 6.96. The van der Waals surface area contributed by atoms with Crippen molar-refractivity contribution in [2.24, 2.45) is 5.92 Å². The molecule has 1 atom stereocenters. The van der Waals surface area contributed by atoms with Crippen LogP contribution in [0.1, 0.15) is 43.0 Å². The van der Waals surface area contributed by atoms with Gasteiger partial charge in [0.25, 0.3) is 11.6 Å². The number of nitrogens with one attached hydrogen (secondary N) is 1. The lowest BCUT2D eigenvalue weighted by molar-refractivity contribution is -0.384. The number of carbonyl (C=O) groups excluding carboxylic acids is 1. The molecule has 1 aromatic rings. The van der Waals surface area contributed by atoms with Gasteiger partial charge in [0.05, 0.1) is 16.6 Å². The van der Waals surface area contributed by atoms with Crippen LogP contribution in [0.3, 0.4) is 0 Å². The molecule has 7 heteroatoms. The molecule has 0 aliphatic heterocycles. The molecular formula is C14H18FN3O3. The number of carbonyl (C=O) groups is 1. The summed E-state index contributed by atoms with van der Waals surface area (Å²) in [6, 6.07) is 1.63. The molecule has 0 bridgehead atoms. The van der Waals surface area contributed by atoms with E-state index in [1.807, 2.05) is 6.92 Å². The maximum atomic E-state index is 13.4. The molecule has 0 heterocycles. The topological polar surface area (TPSA) is 98.3 Å². The van der Waals surface area contributed by atoms with Crippen LogP contribution >= 0.6 is 0 Å². The van der Waals surface area contributed by atoms with Gasteiger partial charge in [-0.25, -0.2) is 4.39 Å². The van der Waals surface area contributed by atoms with Crippen molar-refractivity contribution in [3.05, 3.63) is 33.6 Å². The first-order valence-electron chi connectivity index (χ1n) is 6.96. The van der Waals surface area contributed by atoms with Gasteiger partial charge in [-0.3, -0.25) is 14.9 Å². The second kappa shape index (κ2) is 6.07. The van der Waals surface area contributed by atoms with E-state index in [-0.39, 0.29) is 17.3 Å². The Kier molecular flexibility index (Phi) is 4.40. The number of rotatable bonds is 6. The molecule has 0 aromatic heterocycles. The van der Waals surface area contributed by atoms with E-state index in [0.29, 0.717) is 12.0 Å². The van der Waals surface area contributed by atoms with E-state index in [4.69, 9.17) is 5.73 Å². The van der Waals surface area contributed by atoms with Crippen molar-refractivity contribution in [1.82, 2.24) is 5.32 Å². The largest absolute Gasteiger partial charge is 0.393 e. The zero-order valence-corrected chi connectivity index (χ0v) is 11.8. The van der Waals surface area contributed by atoms with Gasteiger partial charge in [0, 0.05) is 6.04 Å². The van der Waals surface area contributed by atoms with Gasteiger partial charge in [-0.05, 0) is 24.8 Å². The van der Waals surface area contributed by atoms with Crippen molar-refractivity contribution in [3.63, 3.8) is 0 Å². The fourth-order valence-electron chi connectivity index (χ4n) is 2.29. The highest BCUT2D eigenvalue weighted by Gasteiger charge is 2.27. The SMILES string of the molecule is CCC(CC1CC1)NC(=O)c1cc(F)cc([N+](=O)[O-])c1N. The van der Waals surface area contributed by atoms with E-state index >= 15 is 0 Å². The minimum absolute atomic E-state index is 0.0216. The van der Waals surface area contributed by atoms with Gasteiger partial charge in [-0.15, -0.1) is 0 Å². The summed E-state index contributed by atoms with van der Waals surface area (Å²) in [5.41, 5.74) is 4.54. The van der Waals surface area contributed by atoms with Crippen molar-refractivity contribution >= 4 is 17.3 Å². The van der Waals surface area contributed by atoms with Gasteiger partial charge >= 0.3 is 0 Å². The average molecular weight is 295 g/mol. The van der Waals surface area contributed by atoms with E-state index in [0.717, 1.165) is 18.9 Å². The quantitative estimate of drug-likeness (QED) is 0.479. The molecule has 2 rings (SSSR count). The summed E-state index contributed by atoms with van der Waals surface area (Å²) in [5, 5.41) is 13.6. The summed E-state index contributed by atoms with van der Waals surface area (Å²) in [6.45, 7) is 1.95. The van der Waals surface area contributed by atoms with Crippen LogP contribution in [0, 0.1) is 21.8 Å². The van der Waals surface area contributed by atoms with Crippen molar-refractivity contribution in [1.29, 1.82) is 0 Å². The highest BCUT2D eigenvalue weighted by Crippen LogP contribution is 2.34. The molecule has 6 nitrogen and oxygen atoms in total. The number of anilines is 1. The van der Waals surface area contributed by atoms with Gasteiger partial charge in [-0.2, -0.15) is 0 Å². The first-order chi connectivity index (χ1) is 9.92. The van der Waals surface area contributed by atoms with Gasteiger partial charge in [0.2, 0.25) is 0 Å². The highest BCUT2D eigenvalue weighted by molar-refractivity contribution is 6.01. The normalized spacial score (nSPS) is 15.5. The second-order valence-electron chi connectivity index (χ2n) is 5.40. The number of nitrogens with two attached hydrogens (primary N) is 1. The van der Waals surface area contributed by atoms with Crippen LogP contribution in [0.4, 0.5) is 15.8 Å². The Morgan fingerprint density at radius 2 is 2.24 bits per heavy atom. The maximum Gasteiger partial charge on any atom is 0.295 e.